The molecule has 0 radical (unpaired) electrons. The summed E-state index contributed by atoms with van der Waals surface area (Å²) in [6.45, 7) is 5.42. The number of nitrogens with zero attached hydrogens (tertiary/aromatic N) is 2. The van der Waals surface area contributed by atoms with Crippen LogP contribution in [0.1, 0.15) is 24.6 Å². The first kappa shape index (κ1) is 13.5. The molecule has 5 nitrogen and oxygen atoms in total. The van der Waals surface area contributed by atoms with Gasteiger partial charge >= 0.3 is 0 Å². The zero-order valence-corrected chi connectivity index (χ0v) is 11.6. The Kier molecular flexibility index (Phi) is 4.52. The molecule has 2 rings (SSSR count). The normalized spacial score (nSPS) is 10.7. The van der Waals surface area contributed by atoms with Gasteiger partial charge < -0.3 is 14.5 Å². The van der Waals surface area contributed by atoms with Gasteiger partial charge in [-0.25, -0.2) is 9.97 Å². The minimum atomic E-state index is 0.454. The highest BCUT2D eigenvalue weighted by atomic mass is 16.5. The van der Waals surface area contributed by atoms with Gasteiger partial charge in [0.1, 0.15) is 5.82 Å². The van der Waals surface area contributed by atoms with Crippen molar-refractivity contribution in [3.8, 4) is 11.6 Å². The molecule has 2 heterocycles. The van der Waals surface area contributed by atoms with Gasteiger partial charge in [-0.3, -0.25) is 0 Å². The van der Waals surface area contributed by atoms with E-state index in [1.54, 1.807) is 13.4 Å². The van der Waals surface area contributed by atoms with Crippen molar-refractivity contribution in [2.75, 3.05) is 19.0 Å². The molecule has 0 aliphatic rings. The first-order chi connectivity index (χ1) is 9.24. The molecule has 0 spiro atoms. The Hall–Kier alpha value is -1.88. The van der Waals surface area contributed by atoms with E-state index in [0.29, 0.717) is 18.2 Å². The van der Waals surface area contributed by atoms with Crippen molar-refractivity contribution >= 4 is 5.82 Å². The predicted molar refractivity (Wildman–Crippen MR) is 74.0 cm³/mol. The molecule has 2 aromatic heterocycles. The molecule has 0 atom stereocenters. The number of hydrogen-bond donors (Lipinski definition) is 1. The fourth-order valence-electron chi connectivity index (χ4n) is 1.77. The molecule has 0 saturated carbocycles. The number of furan rings is 1. The summed E-state index contributed by atoms with van der Waals surface area (Å²) in [6.07, 6.45) is 2.69. The maximum absolute atomic E-state index is 5.45. The molecule has 19 heavy (non-hydrogen) atoms. The van der Waals surface area contributed by atoms with E-state index in [9.17, 15) is 0 Å². The number of anilines is 1. The summed E-state index contributed by atoms with van der Waals surface area (Å²) in [5.74, 6) is 2.10. The highest BCUT2D eigenvalue weighted by Gasteiger charge is 2.12. The van der Waals surface area contributed by atoms with E-state index >= 15 is 0 Å². The van der Waals surface area contributed by atoms with Crippen LogP contribution < -0.4 is 5.32 Å². The minimum Gasteiger partial charge on any atom is -0.461 e. The number of rotatable bonds is 6. The highest BCUT2D eigenvalue weighted by molar-refractivity contribution is 5.55. The zero-order valence-electron chi connectivity index (χ0n) is 11.6. The average molecular weight is 261 g/mol. The van der Waals surface area contributed by atoms with E-state index < -0.39 is 0 Å². The minimum absolute atomic E-state index is 0.454. The van der Waals surface area contributed by atoms with Crippen molar-refractivity contribution in [2.45, 2.75) is 26.9 Å². The van der Waals surface area contributed by atoms with Crippen molar-refractivity contribution in [3.63, 3.8) is 0 Å². The van der Waals surface area contributed by atoms with Gasteiger partial charge in [-0.2, -0.15) is 0 Å². The van der Waals surface area contributed by atoms with E-state index in [0.717, 1.165) is 30.0 Å². The van der Waals surface area contributed by atoms with Crippen LogP contribution in [0.25, 0.3) is 11.6 Å². The highest BCUT2D eigenvalue weighted by Crippen LogP contribution is 2.22. The Morgan fingerprint density at radius 2 is 2.21 bits per heavy atom. The van der Waals surface area contributed by atoms with Crippen LogP contribution in [0.3, 0.4) is 0 Å². The monoisotopic (exact) mass is 261 g/mol. The van der Waals surface area contributed by atoms with Crippen LogP contribution in [0.4, 0.5) is 5.82 Å². The van der Waals surface area contributed by atoms with Crippen LogP contribution in [-0.2, 0) is 11.3 Å². The lowest BCUT2D eigenvalue weighted by Crippen LogP contribution is -2.06. The molecule has 0 bridgehead atoms. The van der Waals surface area contributed by atoms with E-state index in [2.05, 4.69) is 22.2 Å². The number of methoxy groups -OCH3 is 1. The summed E-state index contributed by atoms with van der Waals surface area (Å²) in [5.41, 5.74) is 1.86. The van der Waals surface area contributed by atoms with Crippen molar-refractivity contribution in [3.05, 3.63) is 29.7 Å². The molecule has 0 aliphatic carbocycles. The fourth-order valence-corrected chi connectivity index (χ4v) is 1.77. The summed E-state index contributed by atoms with van der Waals surface area (Å²) in [4.78, 5) is 8.95. The first-order valence-corrected chi connectivity index (χ1v) is 6.39. The summed E-state index contributed by atoms with van der Waals surface area (Å²) in [5, 5.41) is 3.27. The lowest BCUT2D eigenvalue weighted by molar-refractivity contribution is 0.181. The molecule has 0 saturated heterocycles. The molecule has 0 amide bonds. The van der Waals surface area contributed by atoms with Crippen LogP contribution in [0, 0.1) is 6.92 Å². The molecule has 102 valence electrons. The smallest absolute Gasteiger partial charge is 0.198 e. The van der Waals surface area contributed by atoms with Gasteiger partial charge in [0.15, 0.2) is 11.6 Å². The number of ether oxygens (including phenoxy) is 1. The average Bonchev–Trinajstić information content (AvgIpc) is 2.83. The number of aromatic nitrogens is 2. The summed E-state index contributed by atoms with van der Waals surface area (Å²) in [7, 11) is 1.65. The second kappa shape index (κ2) is 6.33. The van der Waals surface area contributed by atoms with Gasteiger partial charge in [-0.15, -0.1) is 0 Å². The Morgan fingerprint density at radius 3 is 2.84 bits per heavy atom. The van der Waals surface area contributed by atoms with Crippen molar-refractivity contribution in [1.29, 1.82) is 0 Å². The first-order valence-electron chi connectivity index (χ1n) is 6.39. The number of aryl methyl sites for hydroxylation is 1. The largest absolute Gasteiger partial charge is 0.461 e. The molecule has 0 aromatic carbocycles. The Balaban J connectivity index is 2.36. The number of hydrogen-bond acceptors (Lipinski definition) is 5. The van der Waals surface area contributed by atoms with Gasteiger partial charge in [0.2, 0.25) is 0 Å². The molecule has 1 N–H and O–H groups in total. The Bertz CT molecular complexity index is 537. The standard InChI is InChI=1S/C14H19N3O2/c1-4-6-15-12-8-11(9-18-3)16-14(17-12)13-10(2)5-7-19-13/h5,7-8H,4,6,9H2,1-3H3,(H,15,16,17). The topological polar surface area (TPSA) is 60.2 Å². The van der Waals surface area contributed by atoms with Gasteiger partial charge in [0.05, 0.1) is 18.6 Å². The molecule has 2 aromatic rings. The third-order valence-corrected chi connectivity index (χ3v) is 2.69. The summed E-state index contributed by atoms with van der Waals surface area (Å²) >= 11 is 0. The van der Waals surface area contributed by atoms with Gasteiger partial charge in [0, 0.05) is 19.7 Å². The molecule has 0 unspecified atom stereocenters. The fraction of sp³-hybridized carbons (Fsp3) is 0.429. The van der Waals surface area contributed by atoms with Gasteiger partial charge in [0.25, 0.3) is 0 Å². The lowest BCUT2D eigenvalue weighted by Gasteiger charge is -2.08. The van der Waals surface area contributed by atoms with E-state index in [-0.39, 0.29) is 0 Å². The quantitative estimate of drug-likeness (QED) is 0.866. The third kappa shape index (κ3) is 3.32. The van der Waals surface area contributed by atoms with Crippen molar-refractivity contribution in [1.82, 2.24) is 9.97 Å². The number of nitrogens with one attached hydrogen (secondary N) is 1. The van der Waals surface area contributed by atoms with Crippen LogP contribution in [0.2, 0.25) is 0 Å². The Labute approximate surface area is 113 Å². The molecular weight excluding hydrogens is 242 g/mol. The van der Waals surface area contributed by atoms with Crippen LogP contribution in [-0.4, -0.2) is 23.6 Å². The molecule has 5 heteroatoms. The third-order valence-electron chi connectivity index (χ3n) is 2.69. The van der Waals surface area contributed by atoms with Crippen LogP contribution >= 0.6 is 0 Å². The maximum atomic E-state index is 5.45. The predicted octanol–water partition coefficient (Wildman–Crippen LogP) is 3.01. The van der Waals surface area contributed by atoms with Gasteiger partial charge in [-0.1, -0.05) is 6.92 Å². The van der Waals surface area contributed by atoms with Crippen molar-refractivity contribution in [2.24, 2.45) is 0 Å². The summed E-state index contributed by atoms with van der Waals surface area (Å²) < 4.78 is 10.6. The van der Waals surface area contributed by atoms with E-state index in [4.69, 9.17) is 9.15 Å². The molecule has 0 fully saturated rings. The maximum Gasteiger partial charge on any atom is 0.198 e. The molecule has 0 aliphatic heterocycles. The second-order valence-electron chi connectivity index (χ2n) is 4.36. The summed E-state index contributed by atoms with van der Waals surface area (Å²) in [6, 6.07) is 3.81. The van der Waals surface area contributed by atoms with Crippen molar-refractivity contribution < 1.29 is 9.15 Å². The SMILES string of the molecule is CCCNc1cc(COC)nc(-c2occc2C)n1. The Morgan fingerprint density at radius 1 is 1.37 bits per heavy atom. The van der Waals surface area contributed by atoms with Crippen LogP contribution in [0.5, 0.6) is 0 Å². The van der Waals surface area contributed by atoms with E-state index in [1.165, 1.54) is 0 Å². The zero-order chi connectivity index (χ0) is 13.7. The van der Waals surface area contributed by atoms with Gasteiger partial charge in [-0.05, 0) is 25.0 Å². The van der Waals surface area contributed by atoms with Crippen LogP contribution in [0.15, 0.2) is 22.8 Å². The lowest BCUT2D eigenvalue weighted by atomic mass is 10.2. The molecular formula is C14H19N3O2. The second-order valence-corrected chi connectivity index (χ2v) is 4.36. The van der Waals surface area contributed by atoms with E-state index in [1.807, 2.05) is 19.1 Å².